The molecule has 2 aromatic heterocycles. The van der Waals surface area contributed by atoms with Crippen molar-refractivity contribution in [3.63, 3.8) is 0 Å². The fourth-order valence-electron chi connectivity index (χ4n) is 4.25. The predicted octanol–water partition coefficient (Wildman–Crippen LogP) is 4.22. The Bertz CT molecular complexity index is 1460. The highest BCUT2D eigenvalue weighted by Crippen LogP contribution is 2.32. The zero-order valence-electron chi connectivity index (χ0n) is 18.9. The Morgan fingerprint density at radius 1 is 1.00 bits per heavy atom. The molecule has 0 aliphatic carbocycles. The molecule has 174 valence electrons. The number of pyridine rings is 1. The second kappa shape index (κ2) is 9.26. The van der Waals surface area contributed by atoms with Crippen LogP contribution in [-0.2, 0) is 9.59 Å². The van der Waals surface area contributed by atoms with Gasteiger partial charge in [0, 0.05) is 18.5 Å². The van der Waals surface area contributed by atoms with Gasteiger partial charge in [0.1, 0.15) is 5.69 Å². The van der Waals surface area contributed by atoms with Gasteiger partial charge < -0.3 is 9.32 Å². The van der Waals surface area contributed by atoms with Crippen molar-refractivity contribution in [2.24, 2.45) is 0 Å². The Kier molecular flexibility index (Phi) is 5.85. The molecule has 0 saturated heterocycles. The standard InChI is InChI=1S/C27H22N4O4/c1-17(32)31-13-12-18-7-2-3-8-19(18)24(31)16-26(33)29-30-27(34)21-15-23(25-11-6-14-35-25)28-22-10-5-4-9-20(21)22/h2-15,24H,16H2,1H3,(H,29,33)(H,30,34). The van der Waals surface area contributed by atoms with Crippen molar-refractivity contribution in [2.75, 3.05) is 0 Å². The summed E-state index contributed by atoms with van der Waals surface area (Å²) < 4.78 is 5.44. The van der Waals surface area contributed by atoms with E-state index < -0.39 is 17.9 Å². The highest BCUT2D eigenvalue weighted by molar-refractivity contribution is 6.07. The molecule has 1 atom stereocenters. The molecule has 4 aromatic rings. The molecule has 35 heavy (non-hydrogen) atoms. The molecule has 1 aliphatic rings. The van der Waals surface area contributed by atoms with E-state index in [2.05, 4.69) is 15.8 Å². The Labute approximate surface area is 201 Å². The Hall–Kier alpha value is -4.72. The summed E-state index contributed by atoms with van der Waals surface area (Å²) in [7, 11) is 0. The summed E-state index contributed by atoms with van der Waals surface area (Å²) in [4.78, 5) is 44.2. The largest absolute Gasteiger partial charge is 0.463 e. The van der Waals surface area contributed by atoms with Crippen molar-refractivity contribution in [3.05, 3.63) is 95.9 Å². The number of rotatable bonds is 4. The second-order valence-corrected chi connectivity index (χ2v) is 8.14. The van der Waals surface area contributed by atoms with E-state index in [9.17, 15) is 14.4 Å². The third-order valence-electron chi connectivity index (χ3n) is 5.90. The number of nitrogens with one attached hydrogen (secondary N) is 2. The number of amides is 3. The molecule has 0 bridgehead atoms. The Balaban J connectivity index is 1.35. The van der Waals surface area contributed by atoms with Crippen LogP contribution in [0.15, 0.2) is 83.6 Å². The average Bonchev–Trinajstić information content (AvgIpc) is 3.42. The quantitative estimate of drug-likeness (QED) is 0.438. The SMILES string of the molecule is CC(=O)N1C=Cc2ccccc2C1CC(=O)NNC(=O)c1cc(-c2ccco2)nc2ccccc12. The Morgan fingerprint density at radius 2 is 1.80 bits per heavy atom. The number of carbonyl (C=O) groups is 3. The average molecular weight is 466 g/mol. The van der Waals surface area contributed by atoms with Crippen LogP contribution in [0.3, 0.4) is 0 Å². The van der Waals surface area contributed by atoms with Gasteiger partial charge in [0.15, 0.2) is 5.76 Å². The topological polar surface area (TPSA) is 105 Å². The van der Waals surface area contributed by atoms with Crippen molar-refractivity contribution in [3.8, 4) is 11.5 Å². The number of nitrogens with zero attached hydrogens (tertiary/aromatic N) is 2. The van der Waals surface area contributed by atoms with Crippen molar-refractivity contribution >= 4 is 34.7 Å². The smallest absolute Gasteiger partial charge is 0.270 e. The number of para-hydroxylation sites is 1. The van der Waals surface area contributed by atoms with Crippen LogP contribution in [0.1, 0.15) is 40.9 Å². The lowest BCUT2D eigenvalue weighted by Gasteiger charge is -2.32. The Morgan fingerprint density at radius 3 is 2.60 bits per heavy atom. The summed E-state index contributed by atoms with van der Waals surface area (Å²) in [6.07, 6.45) is 5.05. The number of aromatic nitrogens is 1. The summed E-state index contributed by atoms with van der Waals surface area (Å²) in [6.45, 7) is 1.45. The van der Waals surface area contributed by atoms with Crippen molar-refractivity contribution < 1.29 is 18.8 Å². The van der Waals surface area contributed by atoms with Crippen LogP contribution in [0.25, 0.3) is 28.4 Å². The first-order chi connectivity index (χ1) is 17.0. The molecule has 1 aliphatic heterocycles. The van der Waals surface area contributed by atoms with Gasteiger partial charge in [-0.25, -0.2) is 4.98 Å². The molecule has 0 radical (unpaired) electrons. The first kappa shape index (κ1) is 22.1. The van der Waals surface area contributed by atoms with Crippen LogP contribution < -0.4 is 10.9 Å². The van der Waals surface area contributed by atoms with Gasteiger partial charge in [0.05, 0.1) is 29.8 Å². The molecule has 0 saturated carbocycles. The molecule has 0 spiro atoms. The number of carbonyl (C=O) groups excluding carboxylic acids is 3. The van der Waals surface area contributed by atoms with Crippen molar-refractivity contribution in [2.45, 2.75) is 19.4 Å². The highest BCUT2D eigenvalue weighted by atomic mass is 16.3. The van der Waals surface area contributed by atoms with Crippen LogP contribution in [0.4, 0.5) is 0 Å². The van der Waals surface area contributed by atoms with E-state index in [0.717, 1.165) is 11.1 Å². The van der Waals surface area contributed by atoms with Crippen LogP contribution in [0.2, 0.25) is 0 Å². The molecular weight excluding hydrogens is 444 g/mol. The first-order valence-corrected chi connectivity index (χ1v) is 11.1. The van der Waals surface area contributed by atoms with Crippen LogP contribution in [0.5, 0.6) is 0 Å². The summed E-state index contributed by atoms with van der Waals surface area (Å²) >= 11 is 0. The molecule has 2 aromatic carbocycles. The highest BCUT2D eigenvalue weighted by Gasteiger charge is 2.28. The van der Waals surface area contributed by atoms with E-state index in [1.54, 1.807) is 30.5 Å². The number of hydrogen-bond donors (Lipinski definition) is 2. The van der Waals surface area contributed by atoms with E-state index in [4.69, 9.17) is 4.42 Å². The zero-order valence-corrected chi connectivity index (χ0v) is 18.9. The van der Waals surface area contributed by atoms with E-state index in [1.165, 1.54) is 18.1 Å². The first-order valence-electron chi connectivity index (χ1n) is 11.1. The summed E-state index contributed by atoms with van der Waals surface area (Å²) in [5.41, 5.74) is 8.29. The van der Waals surface area contributed by atoms with Gasteiger partial charge in [0.2, 0.25) is 11.8 Å². The lowest BCUT2D eigenvalue weighted by Crippen LogP contribution is -2.43. The molecule has 1 unspecified atom stereocenters. The number of hydrogen-bond acceptors (Lipinski definition) is 5. The number of hydrazine groups is 1. The summed E-state index contributed by atoms with van der Waals surface area (Å²) in [6, 6.07) is 19.5. The van der Waals surface area contributed by atoms with Gasteiger partial charge in [-0.05, 0) is 41.5 Å². The fraction of sp³-hybridized carbons (Fsp3) is 0.111. The third kappa shape index (κ3) is 4.41. The lowest BCUT2D eigenvalue weighted by molar-refractivity contribution is -0.130. The second-order valence-electron chi connectivity index (χ2n) is 8.14. The summed E-state index contributed by atoms with van der Waals surface area (Å²) in [5, 5.41) is 0.642. The molecule has 2 N–H and O–H groups in total. The lowest BCUT2D eigenvalue weighted by atomic mass is 9.93. The van der Waals surface area contributed by atoms with Gasteiger partial charge in [-0.3, -0.25) is 25.2 Å². The summed E-state index contributed by atoms with van der Waals surface area (Å²) in [5.74, 6) is -0.560. The maximum atomic E-state index is 13.1. The van der Waals surface area contributed by atoms with Crippen LogP contribution in [-0.4, -0.2) is 27.6 Å². The number of benzene rings is 2. The predicted molar refractivity (Wildman–Crippen MR) is 130 cm³/mol. The maximum absolute atomic E-state index is 13.1. The van der Waals surface area contributed by atoms with Crippen LogP contribution >= 0.6 is 0 Å². The molecule has 0 fully saturated rings. The molecule has 5 rings (SSSR count). The molecule has 8 heteroatoms. The third-order valence-corrected chi connectivity index (χ3v) is 5.90. The maximum Gasteiger partial charge on any atom is 0.270 e. The van der Waals surface area contributed by atoms with Crippen molar-refractivity contribution in [1.29, 1.82) is 0 Å². The minimum Gasteiger partial charge on any atom is -0.463 e. The van der Waals surface area contributed by atoms with Gasteiger partial charge >= 0.3 is 0 Å². The zero-order chi connectivity index (χ0) is 24.4. The van der Waals surface area contributed by atoms with Crippen LogP contribution in [0, 0.1) is 0 Å². The van der Waals surface area contributed by atoms with E-state index in [1.807, 2.05) is 48.5 Å². The number of furan rings is 1. The van der Waals surface area contributed by atoms with Gasteiger partial charge in [-0.2, -0.15) is 0 Å². The van der Waals surface area contributed by atoms with E-state index in [-0.39, 0.29) is 12.3 Å². The van der Waals surface area contributed by atoms with E-state index in [0.29, 0.717) is 27.9 Å². The van der Waals surface area contributed by atoms with E-state index >= 15 is 0 Å². The number of fused-ring (bicyclic) bond motifs is 2. The molecular formula is C27H22N4O4. The molecule has 3 amide bonds. The minimum atomic E-state index is -0.489. The minimum absolute atomic E-state index is 0.0179. The van der Waals surface area contributed by atoms with Gasteiger partial charge in [-0.1, -0.05) is 42.5 Å². The van der Waals surface area contributed by atoms with Gasteiger partial charge in [-0.15, -0.1) is 0 Å². The van der Waals surface area contributed by atoms with Crippen molar-refractivity contribution in [1.82, 2.24) is 20.7 Å². The molecule has 8 nitrogen and oxygen atoms in total. The molecule has 3 heterocycles. The normalized spacial score (nSPS) is 14.4. The fourth-order valence-corrected chi connectivity index (χ4v) is 4.25. The van der Waals surface area contributed by atoms with Gasteiger partial charge in [0.25, 0.3) is 5.91 Å². The monoisotopic (exact) mass is 466 g/mol.